The van der Waals surface area contributed by atoms with Gasteiger partial charge in [-0.15, -0.1) is 0 Å². The lowest BCUT2D eigenvalue weighted by Gasteiger charge is -2.15. The maximum atomic E-state index is 12.1. The van der Waals surface area contributed by atoms with E-state index in [1.807, 2.05) is 37.3 Å². The summed E-state index contributed by atoms with van der Waals surface area (Å²) < 4.78 is 5.07. The molecule has 0 fully saturated rings. The average molecular weight is 258 g/mol. The Balaban J connectivity index is 2.16. The fourth-order valence-corrected chi connectivity index (χ4v) is 1.91. The number of fused-ring (bicyclic) bond motifs is 1. The average Bonchev–Trinajstić information content (AvgIpc) is 2.46. The molecule has 4 heteroatoms. The van der Waals surface area contributed by atoms with Gasteiger partial charge in [-0.05, 0) is 18.6 Å². The van der Waals surface area contributed by atoms with E-state index in [1.54, 1.807) is 13.2 Å². The topological polar surface area (TPSA) is 51.2 Å². The van der Waals surface area contributed by atoms with Gasteiger partial charge in [-0.3, -0.25) is 4.79 Å². The number of hydrogen-bond acceptors (Lipinski definition) is 3. The second kappa shape index (κ2) is 6.29. The molecule has 0 bridgehead atoms. The van der Waals surface area contributed by atoms with Gasteiger partial charge >= 0.3 is 0 Å². The molecule has 0 spiro atoms. The van der Waals surface area contributed by atoms with Gasteiger partial charge in [-0.25, -0.2) is 4.98 Å². The van der Waals surface area contributed by atoms with Crippen LogP contribution in [-0.2, 0) is 4.74 Å². The fourth-order valence-electron chi connectivity index (χ4n) is 1.91. The highest BCUT2D eigenvalue weighted by Crippen LogP contribution is 2.11. The molecule has 19 heavy (non-hydrogen) atoms. The van der Waals surface area contributed by atoms with Crippen LogP contribution in [0.1, 0.15) is 23.8 Å². The lowest BCUT2D eigenvalue weighted by Crippen LogP contribution is -2.37. The van der Waals surface area contributed by atoms with Crippen LogP contribution in [0.4, 0.5) is 0 Å². The Kier molecular flexibility index (Phi) is 4.47. The van der Waals surface area contributed by atoms with E-state index >= 15 is 0 Å². The molecule has 1 N–H and O–H groups in total. The number of rotatable bonds is 5. The summed E-state index contributed by atoms with van der Waals surface area (Å²) in [6.45, 7) is 2.52. The smallest absolute Gasteiger partial charge is 0.270 e. The molecule has 2 aromatic rings. The molecule has 100 valence electrons. The predicted molar refractivity (Wildman–Crippen MR) is 75.2 cm³/mol. The predicted octanol–water partition coefficient (Wildman–Crippen LogP) is 2.39. The molecule has 1 unspecified atom stereocenters. The number of para-hydroxylation sites is 1. The molecule has 0 aliphatic rings. The van der Waals surface area contributed by atoms with Crippen molar-refractivity contribution in [3.8, 4) is 0 Å². The van der Waals surface area contributed by atoms with Crippen molar-refractivity contribution in [2.24, 2.45) is 0 Å². The number of methoxy groups -OCH3 is 1. The Labute approximate surface area is 112 Å². The minimum absolute atomic E-state index is 0.0192. The molecule has 1 aromatic carbocycles. The summed E-state index contributed by atoms with van der Waals surface area (Å²) in [6.07, 6.45) is 0.827. The molecule has 0 radical (unpaired) electrons. The molecular weight excluding hydrogens is 240 g/mol. The number of nitrogens with one attached hydrogen (secondary N) is 1. The van der Waals surface area contributed by atoms with E-state index in [1.165, 1.54) is 0 Å². The molecule has 0 aliphatic heterocycles. The first kappa shape index (κ1) is 13.5. The van der Waals surface area contributed by atoms with Crippen LogP contribution >= 0.6 is 0 Å². The Bertz CT molecular complexity index is 569. The largest absolute Gasteiger partial charge is 0.383 e. The van der Waals surface area contributed by atoms with Crippen molar-refractivity contribution in [2.75, 3.05) is 13.7 Å². The van der Waals surface area contributed by atoms with Gasteiger partial charge in [-0.2, -0.15) is 0 Å². The van der Waals surface area contributed by atoms with Crippen LogP contribution in [0.5, 0.6) is 0 Å². The molecule has 1 atom stereocenters. The van der Waals surface area contributed by atoms with Gasteiger partial charge in [0.15, 0.2) is 0 Å². The monoisotopic (exact) mass is 258 g/mol. The van der Waals surface area contributed by atoms with E-state index < -0.39 is 0 Å². The summed E-state index contributed by atoms with van der Waals surface area (Å²) in [5, 5.41) is 3.95. The van der Waals surface area contributed by atoms with E-state index in [2.05, 4.69) is 10.3 Å². The molecule has 4 nitrogen and oxygen atoms in total. The van der Waals surface area contributed by atoms with E-state index in [0.29, 0.717) is 12.3 Å². The Morgan fingerprint density at radius 1 is 1.32 bits per heavy atom. The van der Waals surface area contributed by atoms with Crippen molar-refractivity contribution in [1.82, 2.24) is 10.3 Å². The lowest BCUT2D eigenvalue weighted by molar-refractivity contribution is 0.0890. The number of hydrogen-bond donors (Lipinski definition) is 1. The third-order valence-corrected chi connectivity index (χ3v) is 3.03. The highest BCUT2D eigenvalue weighted by atomic mass is 16.5. The van der Waals surface area contributed by atoms with Gasteiger partial charge in [-0.1, -0.05) is 31.2 Å². The highest BCUT2D eigenvalue weighted by molar-refractivity contribution is 5.95. The van der Waals surface area contributed by atoms with Crippen molar-refractivity contribution in [3.05, 3.63) is 42.1 Å². The van der Waals surface area contributed by atoms with Crippen LogP contribution in [0.15, 0.2) is 36.4 Å². The molecule has 2 rings (SSSR count). The van der Waals surface area contributed by atoms with Crippen molar-refractivity contribution >= 4 is 16.8 Å². The highest BCUT2D eigenvalue weighted by Gasteiger charge is 2.13. The second-order valence-corrected chi connectivity index (χ2v) is 4.42. The first-order chi connectivity index (χ1) is 9.24. The van der Waals surface area contributed by atoms with Crippen molar-refractivity contribution in [1.29, 1.82) is 0 Å². The minimum atomic E-state index is -0.158. The number of benzene rings is 1. The number of pyridine rings is 1. The quantitative estimate of drug-likeness (QED) is 0.896. The first-order valence-corrected chi connectivity index (χ1v) is 6.40. The van der Waals surface area contributed by atoms with Crippen molar-refractivity contribution in [3.63, 3.8) is 0 Å². The van der Waals surface area contributed by atoms with Crippen LogP contribution in [0.2, 0.25) is 0 Å². The molecule has 1 amide bonds. The molecule has 1 aromatic heterocycles. The van der Waals surface area contributed by atoms with Crippen LogP contribution in [0.3, 0.4) is 0 Å². The van der Waals surface area contributed by atoms with E-state index in [0.717, 1.165) is 17.3 Å². The molecule has 0 aliphatic carbocycles. The molecule has 0 saturated heterocycles. The normalized spacial score (nSPS) is 12.3. The zero-order valence-corrected chi connectivity index (χ0v) is 11.2. The summed E-state index contributed by atoms with van der Waals surface area (Å²) in [5.74, 6) is -0.158. The summed E-state index contributed by atoms with van der Waals surface area (Å²) in [7, 11) is 1.63. The number of nitrogens with zero attached hydrogens (tertiary/aromatic N) is 1. The summed E-state index contributed by atoms with van der Waals surface area (Å²) in [6, 6.07) is 11.4. The zero-order valence-electron chi connectivity index (χ0n) is 11.2. The number of carbonyl (C=O) groups excluding carboxylic acids is 1. The van der Waals surface area contributed by atoms with Crippen molar-refractivity contribution in [2.45, 2.75) is 19.4 Å². The maximum absolute atomic E-state index is 12.1. The minimum Gasteiger partial charge on any atom is -0.383 e. The Morgan fingerprint density at radius 3 is 2.84 bits per heavy atom. The second-order valence-electron chi connectivity index (χ2n) is 4.42. The van der Waals surface area contributed by atoms with Gasteiger partial charge in [0.25, 0.3) is 5.91 Å². The van der Waals surface area contributed by atoms with E-state index in [9.17, 15) is 4.79 Å². The maximum Gasteiger partial charge on any atom is 0.270 e. The molecule has 0 saturated carbocycles. The fraction of sp³-hybridized carbons (Fsp3) is 0.333. The van der Waals surface area contributed by atoms with Crippen LogP contribution in [0.25, 0.3) is 10.9 Å². The van der Waals surface area contributed by atoms with E-state index in [4.69, 9.17) is 4.74 Å². The van der Waals surface area contributed by atoms with Gasteiger partial charge in [0, 0.05) is 12.5 Å². The summed E-state index contributed by atoms with van der Waals surface area (Å²) in [4.78, 5) is 16.5. The van der Waals surface area contributed by atoms with Crippen LogP contribution in [0, 0.1) is 0 Å². The third kappa shape index (κ3) is 3.29. The van der Waals surface area contributed by atoms with Crippen molar-refractivity contribution < 1.29 is 9.53 Å². The number of amides is 1. The summed E-state index contributed by atoms with van der Waals surface area (Å²) >= 11 is 0. The van der Waals surface area contributed by atoms with E-state index in [-0.39, 0.29) is 11.9 Å². The van der Waals surface area contributed by atoms with Gasteiger partial charge in [0.05, 0.1) is 18.2 Å². The Morgan fingerprint density at radius 2 is 2.11 bits per heavy atom. The molecule has 1 heterocycles. The van der Waals surface area contributed by atoms with Crippen LogP contribution in [-0.4, -0.2) is 30.6 Å². The number of aromatic nitrogens is 1. The van der Waals surface area contributed by atoms with Gasteiger partial charge in [0.2, 0.25) is 0 Å². The standard InChI is InChI=1S/C15H18N2O2/c1-3-12(10-19-2)16-15(18)14-9-8-11-6-4-5-7-13(11)17-14/h4-9,12H,3,10H2,1-2H3,(H,16,18). The van der Waals surface area contributed by atoms with Gasteiger partial charge < -0.3 is 10.1 Å². The lowest BCUT2D eigenvalue weighted by atomic mass is 10.2. The number of ether oxygens (including phenoxy) is 1. The van der Waals surface area contributed by atoms with Crippen LogP contribution < -0.4 is 5.32 Å². The SMILES string of the molecule is CCC(COC)NC(=O)c1ccc2ccccc2n1. The van der Waals surface area contributed by atoms with Gasteiger partial charge in [0.1, 0.15) is 5.69 Å². The Hall–Kier alpha value is -1.94. The summed E-state index contributed by atoms with van der Waals surface area (Å²) in [5.41, 5.74) is 1.27. The zero-order chi connectivity index (χ0) is 13.7. The third-order valence-electron chi connectivity index (χ3n) is 3.03. The molecular formula is C15H18N2O2. The number of carbonyl (C=O) groups is 1. The first-order valence-electron chi connectivity index (χ1n) is 6.40.